The Morgan fingerprint density at radius 3 is 2.48 bits per heavy atom. The molecule has 0 atom stereocenters. The van der Waals surface area contributed by atoms with E-state index >= 15 is 0 Å². The number of aromatic nitrogens is 1. The van der Waals surface area contributed by atoms with Gasteiger partial charge in [0, 0.05) is 43.5 Å². The lowest BCUT2D eigenvalue weighted by molar-refractivity contribution is 0.0952. The van der Waals surface area contributed by atoms with Gasteiger partial charge in [0.05, 0.1) is 5.75 Å². The van der Waals surface area contributed by atoms with E-state index in [1.165, 1.54) is 11.8 Å². The summed E-state index contributed by atoms with van der Waals surface area (Å²) in [7, 11) is -3.13. The van der Waals surface area contributed by atoms with Crippen molar-refractivity contribution < 1.29 is 13.2 Å². The van der Waals surface area contributed by atoms with Gasteiger partial charge in [-0.25, -0.2) is 8.42 Å². The molecular formula is C18H16Cl2N2O3S2. The monoisotopic (exact) mass is 442 g/mol. The van der Waals surface area contributed by atoms with Crippen molar-refractivity contribution >= 4 is 61.6 Å². The Bertz CT molecular complexity index is 1090. The van der Waals surface area contributed by atoms with Crippen LogP contribution in [0, 0.1) is 0 Å². The summed E-state index contributed by atoms with van der Waals surface area (Å²) in [5, 5.41) is 4.66. The first-order valence-corrected chi connectivity index (χ1v) is 11.6. The molecule has 2 N–H and O–H groups in total. The fraction of sp³-hybridized carbons (Fsp3) is 0.167. The second kappa shape index (κ2) is 8.14. The molecule has 0 fully saturated rings. The molecule has 0 aliphatic rings. The fourth-order valence-electron chi connectivity index (χ4n) is 2.45. The van der Waals surface area contributed by atoms with Crippen molar-refractivity contribution in [1.29, 1.82) is 0 Å². The molecule has 0 saturated heterocycles. The molecule has 5 nitrogen and oxygen atoms in total. The maximum atomic E-state index is 12.3. The van der Waals surface area contributed by atoms with Gasteiger partial charge >= 0.3 is 0 Å². The highest BCUT2D eigenvalue weighted by atomic mass is 35.5. The van der Waals surface area contributed by atoms with E-state index in [4.69, 9.17) is 23.2 Å². The van der Waals surface area contributed by atoms with Gasteiger partial charge in [0.15, 0.2) is 0 Å². The van der Waals surface area contributed by atoms with Crippen molar-refractivity contribution in [3.63, 3.8) is 0 Å². The Hall–Kier alpha value is -1.67. The predicted molar refractivity (Wildman–Crippen MR) is 111 cm³/mol. The van der Waals surface area contributed by atoms with Gasteiger partial charge in [-0.15, -0.1) is 0 Å². The van der Waals surface area contributed by atoms with Gasteiger partial charge in [-0.3, -0.25) is 4.79 Å². The Morgan fingerprint density at radius 2 is 1.81 bits per heavy atom. The molecule has 9 heteroatoms. The topological polar surface area (TPSA) is 79.0 Å². The molecule has 2 aromatic carbocycles. The highest BCUT2D eigenvalue weighted by Gasteiger charge is 2.14. The maximum Gasteiger partial charge on any atom is 0.267 e. The van der Waals surface area contributed by atoms with Crippen LogP contribution in [0.3, 0.4) is 0 Å². The Kier molecular flexibility index (Phi) is 6.05. The Balaban J connectivity index is 1.85. The number of halogens is 2. The summed E-state index contributed by atoms with van der Waals surface area (Å²) in [4.78, 5) is 17.2. The van der Waals surface area contributed by atoms with E-state index in [0.717, 1.165) is 26.9 Å². The number of amides is 1. The number of hydrogen-bond donors (Lipinski definition) is 2. The lowest BCUT2D eigenvalue weighted by atomic mass is 10.2. The summed E-state index contributed by atoms with van der Waals surface area (Å²) in [6, 6.07) is 12.8. The minimum Gasteiger partial charge on any atom is -0.350 e. The van der Waals surface area contributed by atoms with E-state index in [0.29, 0.717) is 15.7 Å². The number of benzene rings is 2. The lowest BCUT2D eigenvalue weighted by Crippen LogP contribution is -2.28. The molecule has 0 aliphatic carbocycles. The van der Waals surface area contributed by atoms with E-state index in [2.05, 4.69) is 10.3 Å². The third kappa shape index (κ3) is 5.42. The summed E-state index contributed by atoms with van der Waals surface area (Å²) in [6.07, 6.45) is 1.13. The molecule has 0 aliphatic heterocycles. The average Bonchev–Trinajstić information content (AvgIpc) is 3.00. The third-order valence-corrected chi connectivity index (χ3v) is 6.19. The molecule has 3 rings (SSSR count). The van der Waals surface area contributed by atoms with E-state index in [9.17, 15) is 13.2 Å². The Morgan fingerprint density at radius 1 is 1.11 bits per heavy atom. The molecule has 1 aromatic heterocycles. The number of aromatic amines is 1. The molecule has 1 amide bonds. The van der Waals surface area contributed by atoms with Crippen molar-refractivity contribution in [1.82, 2.24) is 10.3 Å². The van der Waals surface area contributed by atoms with Crippen LogP contribution >= 0.6 is 35.0 Å². The number of fused-ring (bicyclic) bond motifs is 1. The Labute approximate surface area is 171 Å². The zero-order valence-corrected chi connectivity index (χ0v) is 17.4. The molecule has 3 aromatic rings. The van der Waals surface area contributed by atoms with Crippen LogP contribution in [0.1, 0.15) is 10.5 Å². The smallest absolute Gasteiger partial charge is 0.267 e. The van der Waals surface area contributed by atoms with Crippen molar-refractivity contribution in [2.45, 2.75) is 9.79 Å². The normalized spacial score (nSPS) is 11.7. The molecular weight excluding hydrogens is 427 g/mol. The largest absolute Gasteiger partial charge is 0.350 e. The first-order chi connectivity index (χ1) is 12.7. The van der Waals surface area contributed by atoms with E-state index in [1.807, 2.05) is 30.3 Å². The third-order valence-electron chi connectivity index (χ3n) is 3.71. The predicted octanol–water partition coefficient (Wildman–Crippen LogP) is 4.40. The van der Waals surface area contributed by atoms with E-state index < -0.39 is 9.84 Å². The molecule has 142 valence electrons. The highest BCUT2D eigenvalue weighted by molar-refractivity contribution is 7.99. The number of rotatable bonds is 6. The van der Waals surface area contributed by atoms with Crippen molar-refractivity contribution in [2.75, 3.05) is 18.6 Å². The number of H-pyrrole nitrogens is 1. The second-order valence-corrected chi connectivity index (χ2v) is 10.2. The SMILES string of the molecule is CS(=O)(=O)CCNC(=O)c1cc2c(Sc3ccc(Cl)cc3)cc(Cl)cc2[nH]1. The summed E-state index contributed by atoms with van der Waals surface area (Å²) in [5.41, 5.74) is 1.07. The maximum absolute atomic E-state index is 12.3. The zero-order valence-electron chi connectivity index (χ0n) is 14.3. The van der Waals surface area contributed by atoms with E-state index in [1.54, 1.807) is 12.1 Å². The van der Waals surface area contributed by atoms with Gasteiger partial charge in [0.2, 0.25) is 0 Å². The van der Waals surface area contributed by atoms with Crippen LogP contribution in [0.15, 0.2) is 52.3 Å². The molecule has 0 bridgehead atoms. The summed E-state index contributed by atoms with van der Waals surface area (Å²) in [6.45, 7) is 0.0557. The number of nitrogens with one attached hydrogen (secondary N) is 2. The fourth-order valence-corrected chi connectivity index (χ4v) is 4.32. The molecule has 0 spiro atoms. The quantitative estimate of drug-likeness (QED) is 0.592. The van der Waals surface area contributed by atoms with Crippen LogP contribution in [0.5, 0.6) is 0 Å². The van der Waals surface area contributed by atoms with Crippen LogP contribution in [0.25, 0.3) is 10.9 Å². The minimum absolute atomic E-state index is 0.0557. The number of carbonyl (C=O) groups is 1. The van der Waals surface area contributed by atoms with E-state index in [-0.39, 0.29) is 18.2 Å². The van der Waals surface area contributed by atoms with Crippen LogP contribution < -0.4 is 5.32 Å². The minimum atomic E-state index is -3.13. The van der Waals surface area contributed by atoms with Crippen molar-refractivity contribution in [3.8, 4) is 0 Å². The molecule has 27 heavy (non-hydrogen) atoms. The van der Waals surface area contributed by atoms with Crippen molar-refractivity contribution in [2.24, 2.45) is 0 Å². The summed E-state index contributed by atoms with van der Waals surface area (Å²) >= 11 is 13.7. The number of sulfone groups is 1. The van der Waals surface area contributed by atoms with Gasteiger partial charge < -0.3 is 10.3 Å². The highest BCUT2D eigenvalue weighted by Crippen LogP contribution is 2.36. The average molecular weight is 443 g/mol. The number of hydrogen-bond acceptors (Lipinski definition) is 4. The van der Waals surface area contributed by atoms with Gasteiger partial charge in [-0.05, 0) is 42.5 Å². The summed E-state index contributed by atoms with van der Waals surface area (Å²) < 4.78 is 22.4. The molecule has 0 unspecified atom stereocenters. The van der Waals surface area contributed by atoms with Crippen molar-refractivity contribution in [3.05, 3.63) is 58.2 Å². The van der Waals surface area contributed by atoms with Gasteiger partial charge in [0.1, 0.15) is 15.5 Å². The van der Waals surface area contributed by atoms with Gasteiger partial charge in [-0.2, -0.15) is 0 Å². The van der Waals surface area contributed by atoms with Crippen LogP contribution in [-0.4, -0.2) is 37.9 Å². The van der Waals surface area contributed by atoms with Crippen LogP contribution in [0.2, 0.25) is 10.0 Å². The van der Waals surface area contributed by atoms with Gasteiger partial charge in [0.25, 0.3) is 5.91 Å². The van der Waals surface area contributed by atoms with Gasteiger partial charge in [-0.1, -0.05) is 35.0 Å². The molecule has 0 radical (unpaired) electrons. The van der Waals surface area contributed by atoms with Crippen LogP contribution in [0.4, 0.5) is 0 Å². The first kappa shape index (κ1) is 20.1. The van der Waals surface area contributed by atoms with Crippen LogP contribution in [-0.2, 0) is 9.84 Å². The standard InChI is InChI=1S/C18H16Cl2N2O3S2/c1-27(24,25)7-6-21-18(23)16-10-14-15(22-16)8-12(20)9-17(14)26-13-4-2-11(19)3-5-13/h2-5,8-10,22H,6-7H2,1H3,(H,21,23). The number of carbonyl (C=O) groups excluding carboxylic acids is 1. The zero-order chi connectivity index (χ0) is 19.6. The molecule has 1 heterocycles. The lowest BCUT2D eigenvalue weighted by Gasteiger charge is -2.04. The second-order valence-electron chi connectivity index (χ2n) is 5.99. The molecule has 0 saturated carbocycles. The first-order valence-electron chi connectivity index (χ1n) is 7.93. The summed E-state index contributed by atoms with van der Waals surface area (Å²) in [5.74, 6) is -0.476.